The topological polar surface area (TPSA) is 50.4 Å². The first kappa shape index (κ1) is 16.2. The van der Waals surface area contributed by atoms with Crippen LogP contribution in [0.3, 0.4) is 0 Å². The van der Waals surface area contributed by atoms with Gasteiger partial charge in [-0.3, -0.25) is 4.79 Å². The molecule has 4 heteroatoms. The Labute approximate surface area is 148 Å². The lowest BCUT2D eigenvalue weighted by molar-refractivity contribution is 0.0951. The molecule has 2 N–H and O–H groups in total. The number of benzene rings is 2. The van der Waals surface area contributed by atoms with Crippen molar-refractivity contribution in [3.8, 4) is 5.75 Å². The van der Waals surface area contributed by atoms with Gasteiger partial charge in [-0.1, -0.05) is 24.3 Å². The van der Waals surface area contributed by atoms with Gasteiger partial charge in [-0.2, -0.15) is 0 Å². The molecule has 25 heavy (non-hydrogen) atoms. The third kappa shape index (κ3) is 3.69. The number of aryl methyl sites for hydroxylation is 1. The van der Waals surface area contributed by atoms with Gasteiger partial charge >= 0.3 is 0 Å². The number of hydrogen-bond acceptors (Lipinski definition) is 3. The van der Waals surface area contributed by atoms with Crippen molar-refractivity contribution in [3.63, 3.8) is 0 Å². The maximum absolute atomic E-state index is 12.4. The summed E-state index contributed by atoms with van der Waals surface area (Å²) >= 11 is 0. The fraction of sp³-hybridized carbons (Fsp3) is 0.381. The number of rotatable bonds is 4. The van der Waals surface area contributed by atoms with Crippen molar-refractivity contribution in [2.24, 2.45) is 0 Å². The molecule has 2 aliphatic rings. The minimum atomic E-state index is -0.0231. The smallest absolute Gasteiger partial charge is 0.251 e. The van der Waals surface area contributed by atoms with E-state index in [-0.39, 0.29) is 5.91 Å². The number of carbonyl (C=O) groups is 1. The van der Waals surface area contributed by atoms with Crippen LogP contribution < -0.4 is 15.4 Å². The van der Waals surface area contributed by atoms with Crippen LogP contribution in [0.15, 0.2) is 42.5 Å². The van der Waals surface area contributed by atoms with E-state index in [4.69, 9.17) is 4.74 Å². The maximum atomic E-state index is 12.4. The van der Waals surface area contributed by atoms with E-state index in [1.54, 1.807) is 0 Å². The molecule has 2 aliphatic heterocycles. The highest BCUT2D eigenvalue weighted by molar-refractivity contribution is 5.94. The van der Waals surface area contributed by atoms with Gasteiger partial charge in [0, 0.05) is 18.7 Å². The van der Waals surface area contributed by atoms with Gasteiger partial charge < -0.3 is 15.4 Å². The monoisotopic (exact) mass is 336 g/mol. The molecule has 0 bridgehead atoms. The van der Waals surface area contributed by atoms with Crippen molar-refractivity contribution in [3.05, 3.63) is 64.7 Å². The predicted octanol–water partition coefficient (Wildman–Crippen LogP) is 3.02. The van der Waals surface area contributed by atoms with Crippen LogP contribution in [0.2, 0.25) is 0 Å². The number of carbonyl (C=O) groups excluding carboxylic acids is 1. The third-order valence-electron chi connectivity index (χ3n) is 5.13. The largest absolute Gasteiger partial charge is 0.493 e. The molecule has 130 valence electrons. The Morgan fingerprint density at radius 2 is 2.08 bits per heavy atom. The van der Waals surface area contributed by atoms with Gasteiger partial charge in [0.25, 0.3) is 5.91 Å². The van der Waals surface area contributed by atoms with Crippen LogP contribution >= 0.6 is 0 Å². The van der Waals surface area contributed by atoms with Crippen molar-refractivity contribution < 1.29 is 9.53 Å². The number of nitrogens with one attached hydrogen (secondary N) is 2. The first-order chi connectivity index (χ1) is 12.3. The molecule has 2 aromatic carbocycles. The average molecular weight is 336 g/mol. The molecule has 2 heterocycles. The summed E-state index contributed by atoms with van der Waals surface area (Å²) < 4.78 is 5.63. The average Bonchev–Trinajstić information content (AvgIpc) is 3.21. The zero-order valence-electron chi connectivity index (χ0n) is 14.4. The van der Waals surface area contributed by atoms with E-state index in [0.29, 0.717) is 12.5 Å². The summed E-state index contributed by atoms with van der Waals surface area (Å²) in [5.41, 5.74) is 4.39. The summed E-state index contributed by atoms with van der Waals surface area (Å²) in [6, 6.07) is 14.2. The second-order valence-electron chi connectivity index (χ2n) is 6.89. The van der Waals surface area contributed by atoms with E-state index in [9.17, 15) is 4.79 Å². The summed E-state index contributed by atoms with van der Waals surface area (Å²) in [5, 5.41) is 6.40. The Hall–Kier alpha value is -2.33. The summed E-state index contributed by atoms with van der Waals surface area (Å²) in [6.45, 7) is 3.46. The Kier molecular flexibility index (Phi) is 4.70. The molecule has 0 aromatic heterocycles. The van der Waals surface area contributed by atoms with Gasteiger partial charge in [-0.25, -0.2) is 0 Å². The van der Waals surface area contributed by atoms with Crippen LogP contribution in [0, 0.1) is 0 Å². The second kappa shape index (κ2) is 7.28. The molecule has 0 spiro atoms. The van der Waals surface area contributed by atoms with Gasteiger partial charge in [-0.15, -0.1) is 0 Å². The predicted molar refractivity (Wildman–Crippen MR) is 98.1 cm³/mol. The van der Waals surface area contributed by atoms with E-state index in [0.717, 1.165) is 49.4 Å². The minimum Gasteiger partial charge on any atom is -0.493 e. The third-order valence-corrected chi connectivity index (χ3v) is 5.13. The van der Waals surface area contributed by atoms with E-state index < -0.39 is 0 Å². The summed E-state index contributed by atoms with van der Waals surface area (Å²) in [5.74, 6) is 1.54. The quantitative estimate of drug-likeness (QED) is 0.902. The zero-order chi connectivity index (χ0) is 17.1. The first-order valence-electron chi connectivity index (χ1n) is 9.13. The SMILES string of the molecule is O=C(NCc1ccc2c(c1)CCCO2)c1ccc([C@H]2CCNC2)cc1. The molecule has 1 saturated heterocycles. The molecule has 0 aliphatic carbocycles. The van der Waals surface area contributed by atoms with E-state index in [1.165, 1.54) is 17.5 Å². The second-order valence-corrected chi connectivity index (χ2v) is 6.89. The fourth-order valence-electron chi connectivity index (χ4n) is 3.65. The van der Waals surface area contributed by atoms with Crippen LogP contribution in [-0.4, -0.2) is 25.6 Å². The molecule has 1 amide bonds. The molecule has 0 radical (unpaired) electrons. The van der Waals surface area contributed by atoms with Gasteiger partial charge in [0.2, 0.25) is 0 Å². The zero-order valence-corrected chi connectivity index (χ0v) is 14.4. The van der Waals surface area contributed by atoms with Gasteiger partial charge in [-0.05, 0) is 66.6 Å². The fourth-order valence-corrected chi connectivity index (χ4v) is 3.65. The van der Waals surface area contributed by atoms with E-state index >= 15 is 0 Å². The van der Waals surface area contributed by atoms with Crippen LogP contribution in [0.25, 0.3) is 0 Å². The van der Waals surface area contributed by atoms with Crippen LogP contribution in [0.5, 0.6) is 5.75 Å². The lowest BCUT2D eigenvalue weighted by Crippen LogP contribution is -2.23. The van der Waals surface area contributed by atoms with Crippen molar-refractivity contribution in [1.82, 2.24) is 10.6 Å². The Balaban J connectivity index is 1.37. The number of hydrogen-bond donors (Lipinski definition) is 2. The first-order valence-corrected chi connectivity index (χ1v) is 9.13. The van der Waals surface area contributed by atoms with Gasteiger partial charge in [0.15, 0.2) is 0 Å². The number of amides is 1. The number of ether oxygens (including phenoxy) is 1. The molecule has 0 saturated carbocycles. The molecule has 4 nitrogen and oxygen atoms in total. The Bertz CT molecular complexity index is 749. The lowest BCUT2D eigenvalue weighted by Gasteiger charge is -2.18. The van der Waals surface area contributed by atoms with E-state index in [2.05, 4.69) is 28.8 Å². The highest BCUT2D eigenvalue weighted by atomic mass is 16.5. The summed E-state index contributed by atoms with van der Waals surface area (Å²) in [7, 11) is 0. The highest BCUT2D eigenvalue weighted by Gasteiger charge is 2.17. The van der Waals surface area contributed by atoms with Crippen molar-refractivity contribution in [2.45, 2.75) is 31.7 Å². The Morgan fingerprint density at radius 1 is 1.20 bits per heavy atom. The molecular formula is C21H24N2O2. The van der Waals surface area contributed by atoms with Crippen molar-refractivity contribution in [2.75, 3.05) is 19.7 Å². The van der Waals surface area contributed by atoms with Crippen molar-refractivity contribution in [1.29, 1.82) is 0 Å². The normalized spacial score (nSPS) is 19.1. The highest BCUT2D eigenvalue weighted by Crippen LogP contribution is 2.25. The molecule has 1 atom stereocenters. The summed E-state index contributed by atoms with van der Waals surface area (Å²) in [4.78, 5) is 12.4. The van der Waals surface area contributed by atoms with Crippen LogP contribution in [-0.2, 0) is 13.0 Å². The lowest BCUT2D eigenvalue weighted by atomic mass is 9.97. The van der Waals surface area contributed by atoms with Crippen LogP contribution in [0.4, 0.5) is 0 Å². The number of fused-ring (bicyclic) bond motifs is 1. The molecule has 0 unspecified atom stereocenters. The molecule has 1 fully saturated rings. The van der Waals surface area contributed by atoms with Crippen molar-refractivity contribution >= 4 is 5.91 Å². The molecular weight excluding hydrogens is 312 g/mol. The molecule has 4 rings (SSSR count). The van der Waals surface area contributed by atoms with E-state index in [1.807, 2.05) is 24.3 Å². The van der Waals surface area contributed by atoms with Gasteiger partial charge in [0.05, 0.1) is 6.61 Å². The summed E-state index contributed by atoms with van der Waals surface area (Å²) in [6.07, 6.45) is 3.29. The maximum Gasteiger partial charge on any atom is 0.251 e. The minimum absolute atomic E-state index is 0.0231. The van der Waals surface area contributed by atoms with Gasteiger partial charge in [0.1, 0.15) is 5.75 Å². The standard InChI is InChI=1S/C21H24N2O2/c24-21(17-6-4-16(5-7-17)19-9-10-22-14-19)23-13-15-3-8-20-18(12-15)2-1-11-25-20/h3-8,12,19,22H,1-2,9-11,13-14H2,(H,23,24)/t19-/m0/s1. The van der Waals surface area contributed by atoms with Crippen LogP contribution in [0.1, 0.15) is 45.8 Å². The Morgan fingerprint density at radius 3 is 2.88 bits per heavy atom. The molecule has 2 aromatic rings.